The Morgan fingerprint density at radius 1 is 1.19 bits per heavy atom. The number of carbonyl (C=O) groups is 1. The molecule has 7 heteroatoms. The molecular formula is C19H28F3N3O. The largest absolute Gasteiger partial charge is 0.416 e. The van der Waals surface area contributed by atoms with Crippen LogP contribution in [0.3, 0.4) is 0 Å². The maximum absolute atomic E-state index is 12.7. The minimum absolute atomic E-state index is 0.0711. The molecule has 1 aromatic rings. The highest BCUT2D eigenvalue weighted by Gasteiger charge is 2.30. The third kappa shape index (κ3) is 7.23. The van der Waals surface area contributed by atoms with Gasteiger partial charge in [-0.15, -0.1) is 0 Å². The summed E-state index contributed by atoms with van der Waals surface area (Å²) in [6.45, 7) is 6.30. The van der Waals surface area contributed by atoms with Gasteiger partial charge in [0.2, 0.25) is 0 Å². The number of unbranched alkanes of at least 4 members (excludes halogenated alkanes) is 1. The van der Waals surface area contributed by atoms with Crippen LogP contribution in [0.2, 0.25) is 0 Å². The van der Waals surface area contributed by atoms with Crippen molar-refractivity contribution in [3.63, 3.8) is 0 Å². The lowest BCUT2D eigenvalue weighted by Crippen LogP contribution is -2.36. The number of rotatable bonds is 7. The van der Waals surface area contributed by atoms with Crippen LogP contribution in [-0.2, 0) is 12.7 Å². The zero-order valence-electron chi connectivity index (χ0n) is 15.2. The third-order valence-electron chi connectivity index (χ3n) is 4.77. The van der Waals surface area contributed by atoms with Crippen LogP contribution in [0, 0.1) is 5.92 Å². The van der Waals surface area contributed by atoms with Gasteiger partial charge in [-0.25, -0.2) is 4.79 Å². The number of piperidine rings is 1. The topological polar surface area (TPSA) is 44.4 Å². The number of hydrogen-bond donors (Lipinski definition) is 2. The molecule has 2 N–H and O–H groups in total. The molecule has 1 aromatic carbocycles. The van der Waals surface area contributed by atoms with Crippen molar-refractivity contribution in [2.24, 2.45) is 5.92 Å². The Balaban J connectivity index is 1.58. The quantitative estimate of drug-likeness (QED) is 0.711. The molecule has 1 saturated heterocycles. The molecule has 2 rings (SSSR count). The van der Waals surface area contributed by atoms with Gasteiger partial charge in [0.25, 0.3) is 0 Å². The lowest BCUT2D eigenvalue weighted by molar-refractivity contribution is -0.137. The number of nitrogens with zero attached hydrogens (tertiary/aromatic N) is 1. The molecular weight excluding hydrogens is 343 g/mol. The Morgan fingerprint density at radius 3 is 2.62 bits per heavy atom. The van der Waals surface area contributed by atoms with Gasteiger partial charge in [-0.05, 0) is 68.9 Å². The molecule has 0 unspecified atom stereocenters. The molecule has 0 radical (unpaired) electrons. The molecule has 1 heterocycles. The number of nitrogens with one attached hydrogen (secondary N) is 2. The van der Waals surface area contributed by atoms with E-state index in [2.05, 4.69) is 22.5 Å². The molecule has 1 aliphatic heterocycles. The fourth-order valence-electron chi connectivity index (χ4n) is 3.05. The summed E-state index contributed by atoms with van der Waals surface area (Å²) >= 11 is 0. The van der Waals surface area contributed by atoms with Gasteiger partial charge < -0.3 is 15.5 Å². The van der Waals surface area contributed by atoms with E-state index in [1.165, 1.54) is 18.9 Å². The molecule has 0 saturated carbocycles. The summed E-state index contributed by atoms with van der Waals surface area (Å²) in [7, 11) is 0. The van der Waals surface area contributed by atoms with E-state index in [4.69, 9.17) is 0 Å². The molecule has 26 heavy (non-hydrogen) atoms. The minimum Gasteiger partial charge on any atom is -0.338 e. The SMILES string of the molecule is CC1CCN(CCCCNC(=O)NCc2cccc(C(F)(F)F)c2)CC1. The summed E-state index contributed by atoms with van der Waals surface area (Å²) in [6.07, 6.45) is 0.0718. The number of benzene rings is 1. The predicted molar refractivity (Wildman–Crippen MR) is 95.8 cm³/mol. The number of halogens is 3. The Labute approximate surface area is 153 Å². The monoisotopic (exact) mass is 371 g/mol. The summed E-state index contributed by atoms with van der Waals surface area (Å²) in [5.41, 5.74) is -0.279. The molecule has 0 aliphatic carbocycles. The van der Waals surface area contributed by atoms with Crippen LogP contribution in [-0.4, -0.2) is 37.1 Å². The fourth-order valence-corrected chi connectivity index (χ4v) is 3.05. The second-order valence-corrected chi connectivity index (χ2v) is 7.04. The molecule has 2 amide bonds. The second-order valence-electron chi connectivity index (χ2n) is 7.04. The average molecular weight is 371 g/mol. The van der Waals surface area contributed by atoms with Crippen molar-refractivity contribution in [1.82, 2.24) is 15.5 Å². The molecule has 0 atom stereocenters. The van der Waals surface area contributed by atoms with Crippen LogP contribution in [0.25, 0.3) is 0 Å². The Bertz CT molecular complexity index is 569. The lowest BCUT2D eigenvalue weighted by atomic mass is 9.99. The molecule has 146 valence electrons. The zero-order valence-corrected chi connectivity index (χ0v) is 15.2. The van der Waals surface area contributed by atoms with Crippen molar-refractivity contribution < 1.29 is 18.0 Å². The molecule has 0 aromatic heterocycles. The van der Waals surface area contributed by atoms with E-state index in [-0.39, 0.29) is 12.6 Å². The first-order valence-electron chi connectivity index (χ1n) is 9.25. The van der Waals surface area contributed by atoms with Gasteiger partial charge in [0.05, 0.1) is 5.56 Å². The van der Waals surface area contributed by atoms with Crippen LogP contribution in [0.1, 0.15) is 43.7 Å². The highest BCUT2D eigenvalue weighted by molar-refractivity contribution is 5.73. The number of urea groups is 1. The van der Waals surface area contributed by atoms with Gasteiger partial charge in [0.15, 0.2) is 0 Å². The molecule has 1 fully saturated rings. The summed E-state index contributed by atoms with van der Waals surface area (Å²) < 4.78 is 38.0. The highest BCUT2D eigenvalue weighted by atomic mass is 19.4. The van der Waals surface area contributed by atoms with Crippen molar-refractivity contribution in [2.75, 3.05) is 26.2 Å². The first-order valence-corrected chi connectivity index (χ1v) is 9.25. The summed E-state index contributed by atoms with van der Waals surface area (Å²) in [5.74, 6) is 0.827. The van der Waals surface area contributed by atoms with Crippen LogP contribution in [0.5, 0.6) is 0 Å². The first kappa shape index (κ1) is 20.6. The molecule has 0 spiro atoms. The van der Waals surface area contributed by atoms with Gasteiger partial charge in [0, 0.05) is 13.1 Å². The van der Waals surface area contributed by atoms with E-state index in [0.717, 1.165) is 50.5 Å². The van der Waals surface area contributed by atoms with Gasteiger partial charge in [-0.2, -0.15) is 13.2 Å². The van der Waals surface area contributed by atoms with E-state index < -0.39 is 11.7 Å². The number of amides is 2. The highest BCUT2D eigenvalue weighted by Crippen LogP contribution is 2.29. The third-order valence-corrected chi connectivity index (χ3v) is 4.77. The van der Waals surface area contributed by atoms with E-state index in [1.807, 2.05) is 0 Å². The van der Waals surface area contributed by atoms with Crippen molar-refractivity contribution in [3.8, 4) is 0 Å². The second kappa shape index (κ2) is 9.80. The van der Waals surface area contributed by atoms with Gasteiger partial charge >= 0.3 is 12.2 Å². The van der Waals surface area contributed by atoms with Crippen molar-refractivity contribution >= 4 is 6.03 Å². The maximum Gasteiger partial charge on any atom is 0.416 e. The smallest absolute Gasteiger partial charge is 0.338 e. The number of hydrogen-bond acceptors (Lipinski definition) is 2. The van der Waals surface area contributed by atoms with E-state index in [0.29, 0.717) is 12.1 Å². The van der Waals surface area contributed by atoms with Crippen LogP contribution < -0.4 is 10.6 Å². The van der Waals surface area contributed by atoms with E-state index in [9.17, 15) is 18.0 Å². The van der Waals surface area contributed by atoms with E-state index in [1.54, 1.807) is 6.07 Å². The Kier molecular flexibility index (Phi) is 7.75. The fraction of sp³-hybridized carbons (Fsp3) is 0.632. The molecule has 1 aliphatic rings. The van der Waals surface area contributed by atoms with Gasteiger partial charge in [-0.1, -0.05) is 19.1 Å². The van der Waals surface area contributed by atoms with Crippen LogP contribution >= 0.6 is 0 Å². The minimum atomic E-state index is -4.37. The van der Waals surface area contributed by atoms with Crippen LogP contribution in [0.15, 0.2) is 24.3 Å². The van der Waals surface area contributed by atoms with E-state index >= 15 is 0 Å². The van der Waals surface area contributed by atoms with Crippen molar-refractivity contribution in [2.45, 2.75) is 45.3 Å². The van der Waals surface area contributed by atoms with Crippen molar-refractivity contribution in [3.05, 3.63) is 35.4 Å². The number of likely N-dealkylation sites (tertiary alicyclic amines) is 1. The summed E-state index contributed by atoms with van der Waals surface area (Å²) in [6, 6.07) is 4.63. The van der Waals surface area contributed by atoms with Crippen LogP contribution in [0.4, 0.5) is 18.0 Å². The first-order chi connectivity index (χ1) is 12.3. The van der Waals surface area contributed by atoms with Crippen molar-refractivity contribution in [1.29, 1.82) is 0 Å². The van der Waals surface area contributed by atoms with Gasteiger partial charge in [-0.3, -0.25) is 0 Å². The average Bonchev–Trinajstić information content (AvgIpc) is 2.61. The Hall–Kier alpha value is -1.76. The lowest BCUT2D eigenvalue weighted by Gasteiger charge is -2.30. The Morgan fingerprint density at radius 2 is 1.92 bits per heavy atom. The van der Waals surface area contributed by atoms with Gasteiger partial charge in [0.1, 0.15) is 0 Å². The number of alkyl halides is 3. The molecule has 0 bridgehead atoms. The standard InChI is InChI=1S/C19H28F3N3O/c1-15-7-11-25(12-8-15)10-3-2-9-23-18(26)24-14-16-5-4-6-17(13-16)19(20,21)22/h4-6,13,15H,2-3,7-12,14H2,1H3,(H2,23,24,26). The molecule has 4 nitrogen and oxygen atoms in total. The normalized spacial score (nSPS) is 16.5. The maximum atomic E-state index is 12.7. The summed E-state index contributed by atoms with van der Waals surface area (Å²) in [5, 5.41) is 5.35. The zero-order chi connectivity index (χ0) is 19.0. The predicted octanol–water partition coefficient (Wildman–Crippen LogP) is 4.02. The number of carbonyl (C=O) groups excluding carboxylic acids is 1. The summed E-state index contributed by atoms with van der Waals surface area (Å²) in [4.78, 5) is 14.2.